The van der Waals surface area contributed by atoms with Gasteiger partial charge < -0.3 is 24.8 Å². The van der Waals surface area contributed by atoms with Crippen LogP contribution in [0.5, 0.6) is 0 Å². The third-order valence-corrected chi connectivity index (χ3v) is 4.47. The minimum absolute atomic E-state index is 0. The molecule has 32 heavy (non-hydrogen) atoms. The second kappa shape index (κ2) is 15.7. The van der Waals surface area contributed by atoms with Crippen LogP contribution in [0.1, 0.15) is 37.8 Å². The molecule has 0 aliphatic heterocycles. The van der Waals surface area contributed by atoms with Crippen molar-refractivity contribution in [1.29, 1.82) is 0 Å². The van der Waals surface area contributed by atoms with E-state index in [9.17, 15) is 8.78 Å². The standard InChI is InChI=1S/2C12H10F.C2H6Si.2ClH.Zr/c2*1-9-3-2-4-12(9)10-5-7-11(13)8-6-10;1-3-2;;;/h2*4-8H,2H2,1H3;1-2H3;2*1H;/q2*-1;;;;+2/p-2. The molecule has 0 saturated heterocycles. The molecule has 2 aliphatic rings. The van der Waals surface area contributed by atoms with Gasteiger partial charge in [-0.3, -0.25) is 12.2 Å². The average Bonchev–Trinajstić information content (AvgIpc) is 3.31. The predicted molar refractivity (Wildman–Crippen MR) is 120 cm³/mol. The van der Waals surface area contributed by atoms with Gasteiger partial charge in [0.1, 0.15) is 11.6 Å². The van der Waals surface area contributed by atoms with Crippen LogP contribution in [0.2, 0.25) is 13.1 Å². The fourth-order valence-electron chi connectivity index (χ4n) is 3.04. The van der Waals surface area contributed by atoms with Crippen molar-refractivity contribution in [3.05, 3.63) is 107 Å². The van der Waals surface area contributed by atoms with Crippen LogP contribution in [-0.4, -0.2) is 5.43 Å². The molecule has 0 unspecified atom stereocenters. The molecular weight excluding hydrogens is 540 g/mol. The van der Waals surface area contributed by atoms with Gasteiger partial charge in [0, 0.05) is 0 Å². The van der Waals surface area contributed by atoms with Gasteiger partial charge in [-0.1, -0.05) is 38.1 Å². The maximum Gasteiger partial charge on any atom is -1.00 e. The van der Waals surface area contributed by atoms with E-state index >= 15 is 0 Å². The Bertz CT molecular complexity index is 924. The van der Waals surface area contributed by atoms with Crippen molar-refractivity contribution in [3.63, 3.8) is 0 Å². The summed E-state index contributed by atoms with van der Waals surface area (Å²) >= 11 is 1.74. The Hall–Kier alpha value is -1.06. The first-order valence-electron chi connectivity index (χ1n) is 9.87. The van der Waals surface area contributed by atoms with E-state index in [0.717, 1.165) is 35.1 Å². The molecule has 6 heteroatoms. The molecule has 0 fully saturated rings. The van der Waals surface area contributed by atoms with Crippen LogP contribution < -0.4 is 24.8 Å². The van der Waals surface area contributed by atoms with Gasteiger partial charge in [0.05, 0.1) is 0 Å². The van der Waals surface area contributed by atoms with Crippen molar-refractivity contribution in [2.75, 3.05) is 0 Å². The van der Waals surface area contributed by atoms with Gasteiger partial charge in [-0.25, -0.2) is 19.9 Å². The zero-order chi connectivity index (χ0) is 22.1. The van der Waals surface area contributed by atoms with Gasteiger partial charge in [0.15, 0.2) is 0 Å². The molecule has 0 N–H and O–H groups in total. The monoisotopic (exact) mass is 564 g/mol. The maximum atomic E-state index is 12.6. The summed E-state index contributed by atoms with van der Waals surface area (Å²) in [4.78, 5) is 0. The molecule has 0 aromatic heterocycles. The molecule has 0 radical (unpaired) electrons. The third-order valence-electron chi connectivity index (χ3n) is 4.47. The molecule has 0 bridgehead atoms. The zero-order valence-electron chi connectivity index (χ0n) is 18.7. The summed E-state index contributed by atoms with van der Waals surface area (Å²) in [5.74, 6) is -0.374. The number of hydrogen-bond acceptors (Lipinski definition) is 0. The number of allylic oxidation sites excluding steroid dienone is 8. The quantitative estimate of drug-likeness (QED) is 0.382. The van der Waals surface area contributed by atoms with Gasteiger partial charge in [0.25, 0.3) is 0 Å². The van der Waals surface area contributed by atoms with Crippen molar-refractivity contribution >= 4 is 16.6 Å². The largest absolute Gasteiger partial charge is 1.00 e. The van der Waals surface area contributed by atoms with E-state index in [0.29, 0.717) is 0 Å². The van der Waals surface area contributed by atoms with Gasteiger partial charge in [-0.05, 0) is 24.3 Å². The summed E-state index contributed by atoms with van der Waals surface area (Å²) in [6.45, 7) is 8.68. The van der Waals surface area contributed by atoms with Crippen LogP contribution in [-0.2, 0) is 23.3 Å². The number of halogens is 4. The Morgan fingerprint density at radius 2 is 0.969 bits per heavy atom. The predicted octanol–water partition coefficient (Wildman–Crippen LogP) is 1.52. The van der Waals surface area contributed by atoms with Crippen LogP contribution in [0, 0.1) is 23.8 Å². The topological polar surface area (TPSA) is 0 Å². The van der Waals surface area contributed by atoms with Gasteiger partial charge in [0.2, 0.25) is 0 Å². The van der Waals surface area contributed by atoms with Crippen LogP contribution in [0.4, 0.5) is 8.78 Å². The van der Waals surface area contributed by atoms with Crippen molar-refractivity contribution in [1.82, 2.24) is 0 Å². The zero-order valence-corrected chi connectivity index (χ0v) is 23.7. The van der Waals surface area contributed by atoms with E-state index in [-0.39, 0.29) is 41.9 Å². The Balaban J connectivity index is 0.000000490. The third kappa shape index (κ3) is 10.3. The molecule has 168 valence electrons. The molecule has 0 amide bonds. The number of hydrogen-bond donors (Lipinski definition) is 0. The Labute approximate surface area is 218 Å². The van der Waals surface area contributed by atoms with E-state index in [4.69, 9.17) is 0 Å². The van der Waals surface area contributed by atoms with E-state index in [2.05, 4.69) is 37.4 Å². The fraction of sp³-hybridized carbons (Fsp3) is 0.231. The van der Waals surface area contributed by atoms with Gasteiger partial charge >= 0.3 is 41.9 Å². The van der Waals surface area contributed by atoms with E-state index in [1.165, 1.54) is 35.4 Å². The average molecular weight is 567 g/mol. The van der Waals surface area contributed by atoms with Crippen LogP contribution >= 0.6 is 0 Å². The van der Waals surface area contributed by atoms with Crippen LogP contribution in [0.3, 0.4) is 0 Å². The summed E-state index contributed by atoms with van der Waals surface area (Å²) in [6.07, 6.45) is 12.4. The first kappa shape index (κ1) is 30.9. The summed E-state index contributed by atoms with van der Waals surface area (Å²) in [7, 11) is 0. The van der Waals surface area contributed by atoms with Gasteiger partial charge in [-0.2, -0.15) is 23.3 Å². The Morgan fingerprint density at radius 1 is 0.688 bits per heavy atom. The van der Waals surface area contributed by atoms with E-state index in [1.807, 2.05) is 13.8 Å². The van der Waals surface area contributed by atoms with Crippen molar-refractivity contribution < 1.29 is 56.9 Å². The molecule has 0 nitrogen and oxygen atoms in total. The molecular formula is C26H26Cl2F2SiZr-2. The molecule has 0 saturated carbocycles. The Morgan fingerprint density at radius 3 is 1.19 bits per heavy atom. The second-order valence-electron chi connectivity index (χ2n) is 7.26. The molecule has 2 aromatic carbocycles. The molecule has 2 aliphatic carbocycles. The number of rotatable bonds is 2. The summed E-state index contributed by atoms with van der Waals surface area (Å²) in [5, 5.41) is 0. The summed E-state index contributed by atoms with van der Waals surface area (Å²) < 4.78 is 25.3. The fourth-order valence-corrected chi connectivity index (χ4v) is 3.04. The smallest absolute Gasteiger partial charge is 1.00 e. The first-order chi connectivity index (χ1) is 14.3. The molecule has 0 heterocycles. The molecule has 0 atom stereocenters. The maximum absolute atomic E-state index is 12.6. The minimum Gasteiger partial charge on any atom is -1.00 e. The Kier molecular flexibility index (Phi) is 15.2. The summed E-state index contributed by atoms with van der Waals surface area (Å²) in [5.41, 5.74) is 7.04. The number of benzene rings is 2. The van der Waals surface area contributed by atoms with Crippen LogP contribution in [0.25, 0.3) is 11.1 Å². The molecule has 4 rings (SSSR count). The van der Waals surface area contributed by atoms with Crippen molar-refractivity contribution in [3.8, 4) is 0 Å². The van der Waals surface area contributed by atoms with E-state index in [1.54, 1.807) is 47.6 Å². The van der Waals surface area contributed by atoms with E-state index < -0.39 is 0 Å². The van der Waals surface area contributed by atoms with Crippen LogP contribution in [0.15, 0.2) is 71.8 Å². The first-order valence-corrected chi connectivity index (χ1v) is 16.1. The van der Waals surface area contributed by atoms with Gasteiger partial charge in [-0.15, -0.1) is 24.0 Å². The minimum atomic E-state index is -0.187. The van der Waals surface area contributed by atoms with Crippen molar-refractivity contribution in [2.24, 2.45) is 0 Å². The SMILES string of the molecule is CC1=[C-]CC=C1c1ccc(F)cc1.CC1=[C-]CC=C1c1ccc(F)cc1.C[Si](C)=[Zr+2].[Cl-].[Cl-]. The summed E-state index contributed by atoms with van der Waals surface area (Å²) in [6, 6.07) is 13.2. The molecule has 0 spiro atoms. The van der Waals surface area contributed by atoms with Crippen molar-refractivity contribution in [2.45, 2.75) is 39.8 Å². The normalized spacial score (nSPS) is 13.5. The molecule has 2 aromatic rings. The second-order valence-corrected chi connectivity index (χ2v) is 16.6.